The van der Waals surface area contributed by atoms with E-state index in [2.05, 4.69) is 65.4 Å². The Balaban J connectivity index is 1.56. The number of thioether (sulfide) groups is 1. The molecule has 2 aliphatic heterocycles. The normalized spacial score (nSPS) is 25.3. The summed E-state index contributed by atoms with van der Waals surface area (Å²) in [5, 5.41) is 6.90. The summed E-state index contributed by atoms with van der Waals surface area (Å²) in [6.45, 7) is 9.54. The van der Waals surface area contributed by atoms with Crippen molar-refractivity contribution in [2.45, 2.75) is 57.4 Å². The second-order valence-corrected chi connectivity index (χ2v) is 10.4. The number of piperidine rings is 1. The molecule has 3 rings (SSSR count). The smallest absolute Gasteiger partial charge is 0.221 e. The number of carbonyl (C=O) groups excluding carboxylic acids is 1. The zero-order valence-electron chi connectivity index (χ0n) is 18.5. The second kappa shape index (κ2) is 11.0. The van der Waals surface area contributed by atoms with Gasteiger partial charge in [0, 0.05) is 30.9 Å². The van der Waals surface area contributed by atoms with E-state index in [1.54, 1.807) is 0 Å². The number of nitrogens with zero attached hydrogens (tertiary/aromatic N) is 2. The molecule has 0 aliphatic carbocycles. The Kier molecular flexibility index (Phi) is 8.45. The van der Waals surface area contributed by atoms with Gasteiger partial charge in [-0.15, -0.1) is 0 Å². The molecule has 0 aromatic heterocycles. The van der Waals surface area contributed by atoms with E-state index in [-0.39, 0.29) is 11.8 Å². The molecule has 0 radical (unpaired) electrons. The molecule has 2 atom stereocenters. The highest BCUT2D eigenvalue weighted by molar-refractivity contribution is 8.00. The number of aliphatic imine (C=N–C) groups is 1. The number of primary amides is 1. The second-order valence-electron chi connectivity index (χ2n) is 8.75. The number of benzene rings is 1. The number of nitrogens with one attached hydrogen (secondary N) is 2. The molecular weight excluding hydrogens is 394 g/mol. The van der Waals surface area contributed by atoms with Crippen molar-refractivity contribution in [3.8, 4) is 0 Å². The maximum absolute atomic E-state index is 11.5. The van der Waals surface area contributed by atoms with Crippen molar-refractivity contribution in [2.75, 3.05) is 31.9 Å². The third kappa shape index (κ3) is 6.91. The molecule has 4 N–H and O–H groups in total. The lowest BCUT2D eigenvalue weighted by atomic mass is 9.97. The quantitative estimate of drug-likeness (QED) is 0.435. The molecule has 2 aliphatic rings. The number of rotatable bonds is 8. The number of nitrogens with two attached hydrogens (primary N) is 1. The lowest BCUT2D eigenvalue weighted by molar-refractivity contribution is -0.123. The zero-order valence-corrected chi connectivity index (χ0v) is 19.3. The van der Waals surface area contributed by atoms with Gasteiger partial charge < -0.3 is 16.4 Å². The molecule has 7 heteroatoms. The molecule has 0 saturated carbocycles. The fourth-order valence-corrected chi connectivity index (χ4v) is 5.52. The highest BCUT2D eigenvalue weighted by atomic mass is 32.2. The average molecular weight is 432 g/mol. The van der Waals surface area contributed by atoms with Gasteiger partial charge in [0.05, 0.1) is 12.5 Å². The number of hydrogen-bond donors (Lipinski definition) is 3. The van der Waals surface area contributed by atoms with Gasteiger partial charge in [-0.05, 0) is 63.0 Å². The summed E-state index contributed by atoms with van der Waals surface area (Å²) >= 11 is 2.06. The molecule has 2 saturated heterocycles. The van der Waals surface area contributed by atoms with Gasteiger partial charge in [0.15, 0.2) is 5.96 Å². The first-order chi connectivity index (χ1) is 14.5. The minimum absolute atomic E-state index is 0.0137. The molecular formula is C23H37N5OS. The van der Waals surface area contributed by atoms with Gasteiger partial charge in [0.2, 0.25) is 5.91 Å². The Morgan fingerprint density at radius 2 is 2.17 bits per heavy atom. The molecule has 166 valence electrons. The first kappa shape index (κ1) is 22.9. The van der Waals surface area contributed by atoms with Gasteiger partial charge in [-0.1, -0.05) is 24.3 Å². The maximum atomic E-state index is 11.5. The predicted molar refractivity (Wildman–Crippen MR) is 127 cm³/mol. The predicted octanol–water partition coefficient (Wildman–Crippen LogP) is 2.72. The van der Waals surface area contributed by atoms with Crippen molar-refractivity contribution in [3.63, 3.8) is 0 Å². The first-order valence-corrected chi connectivity index (χ1v) is 12.2. The van der Waals surface area contributed by atoms with E-state index in [1.807, 2.05) is 0 Å². The van der Waals surface area contributed by atoms with Crippen LogP contribution in [-0.4, -0.2) is 53.4 Å². The van der Waals surface area contributed by atoms with Crippen molar-refractivity contribution in [2.24, 2.45) is 16.6 Å². The molecule has 2 heterocycles. The number of carbonyl (C=O) groups is 1. The highest BCUT2D eigenvalue weighted by Crippen LogP contribution is 2.36. The molecule has 1 amide bonds. The fraction of sp³-hybridized carbons (Fsp3) is 0.652. The van der Waals surface area contributed by atoms with Crippen LogP contribution < -0.4 is 16.4 Å². The highest BCUT2D eigenvalue weighted by Gasteiger charge is 2.29. The van der Waals surface area contributed by atoms with Crippen LogP contribution in [0.4, 0.5) is 0 Å². The van der Waals surface area contributed by atoms with E-state index in [9.17, 15) is 4.79 Å². The number of guanidine groups is 1. The van der Waals surface area contributed by atoms with Gasteiger partial charge in [-0.3, -0.25) is 9.69 Å². The van der Waals surface area contributed by atoms with Crippen LogP contribution in [0.25, 0.3) is 0 Å². The molecule has 0 bridgehead atoms. The molecule has 30 heavy (non-hydrogen) atoms. The lowest BCUT2D eigenvalue weighted by Gasteiger charge is -2.31. The van der Waals surface area contributed by atoms with Crippen LogP contribution in [0.2, 0.25) is 0 Å². The topological polar surface area (TPSA) is 82.8 Å². The van der Waals surface area contributed by atoms with Crippen molar-refractivity contribution in [1.29, 1.82) is 0 Å². The van der Waals surface area contributed by atoms with E-state index >= 15 is 0 Å². The summed E-state index contributed by atoms with van der Waals surface area (Å²) in [4.78, 5) is 18.7. The molecule has 1 aromatic rings. The van der Waals surface area contributed by atoms with Gasteiger partial charge in [0.1, 0.15) is 0 Å². The number of likely N-dealkylation sites (tertiary alicyclic amines) is 1. The Bertz CT molecular complexity index is 732. The average Bonchev–Trinajstić information content (AvgIpc) is 3.17. The third-order valence-electron chi connectivity index (χ3n) is 6.00. The summed E-state index contributed by atoms with van der Waals surface area (Å²) in [7, 11) is 0. The largest absolute Gasteiger partial charge is 0.369 e. The van der Waals surface area contributed by atoms with Gasteiger partial charge in [0.25, 0.3) is 0 Å². The van der Waals surface area contributed by atoms with Gasteiger partial charge in [-0.2, -0.15) is 11.8 Å². The lowest BCUT2D eigenvalue weighted by Crippen LogP contribution is -2.43. The van der Waals surface area contributed by atoms with Crippen LogP contribution in [0.15, 0.2) is 29.3 Å². The molecule has 6 nitrogen and oxygen atoms in total. The van der Waals surface area contributed by atoms with Gasteiger partial charge >= 0.3 is 0 Å². The standard InChI is InChI=1S/C23H37N5OS/c1-3-25-22(27-17-23(2)10-6-12-30-23)26-14-18-7-4-8-19(13-18)15-28-11-5-9-20(16-28)21(24)29/h4,7-8,13,20H,3,5-6,9-12,14-17H2,1-2H3,(H2,24,29)(H2,25,26,27). The maximum Gasteiger partial charge on any atom is 0.221 e. The van der Waals surface area contributed by atoms with Crippen LogP contribution in [0.1, 0.15) is 50.7 Å². The van der Waals surface area contributed by atoms with E-state index < -0.39 is 0 Å². The zero-order chi connectivity index (χ0) is 21.4. The fourth-order valence-electron chi connectivity index (χ4n) is 4.27. The van der Waals surface area contributed by atoms with Crippen molar-refractivity contribution in [1.82, 2.24) is 15.5 Å². The minimum Gasteiger partial charge on any atom is -0.369 e. The van der Waals surface area contributed by atoms with E-state index in [4.69, 9.17) is 10.7 Å². The minimum atomic E-state index is -0.170. The molecule has 2 fully saturated rings. The van der Waals surface area contributed by atoms with Crippen LogP contribution in [0.3, 0.4) is 0 Å². The summed E-state index contributed by atoms with van der Waals surface area (Å²) in [5.41, 5.74) is 7.99. The van der Waals surface area contributed by atoms with E-state index in [0.29, 0.717) is 11.3 Å². The first-order valence-electron chi connectivity index (χ1n) is 11.2. The monoisotopic (exact) mass is 431 g/mol. The Morgan fingerprint density at radius 3 is 2.90 bits per heavy atom. The van der Waals surface area contributed by atoms with Crippen LogP contribution >= 0.6 is 11.8 Å². The number of hydrogen-bond acceptors (Lipinski definition) is 4. The Labute approximate surface area is 185 Å². The van der Waals surface area contributed by atoms with Crippen molar-refractivity contribution in [3.05, 3.63) is 35.4 Å². The van der Waals surface area contributed by atoms with E-state index in [0.717, 1.165) is 51.5 Å². The Hall–Kier alpha value is -1.73. The molecule has 2 unspecified atom stereocenters. The number of amides is 1. The van der Waals surface area contributed by atoms with Gasteiger partial charge in [-0.25, -0.2) is 4.99 Å². The summed E-state index contributed by atoms with van der Waals surface area (Å²) in [6.07, 6.45) is 4.52. The molecule has 0 spiro atoms. The summed E-state index contributed by atoms with van der Waals surface area (Å²) in [5.74, 6) is 1.96. The SMILES string of the molecule is CCNC(=NCc1cccc(CN2CCCC(C(N)=O)C2)c1)NCC1(C)CCCS1. The summed E-state index contributed by atoms with van der Waals surface area (Å²) in [6, 6.07) is 8.62. The summed E-state index contributed by atoms with van der Waals surface area (Å²) < 4.78 is 0.313. The molecule has 1 aromatic carbocycles. The van der Waals surface area contributed by atoms with Crippen LogP contribution in [-0.2, 0) is 17.9 Å². The Morgan fingerprint density at radius 1 is 1.33 bits per heavy atom. The van der Waals surface area contributed by atoms with Crippen molar-refractivity contribution < 1.29 is 4.79 Å². The van der Waals surface area contributed by atoms with Crippen molar-refractivity contribution >= 4 is 23.6 Å². The van der Waals surface area contributed by atoms with Crippen LogP contribution in [0.5, 0.6) is 0 Å². The van der Waals surface area contributed by atoms with Crippen LogP contribution in [0, 0.1) is 5.92 Å². The third-order valence-corrected chi connectivity index (χ3v) is 7.54. The van der Waals surface area contributed by atoms with E-state index in [1.165, 1.54) is 29.7 Å².